The Balaban J connectivity index is 1.43. The Kier molecular flexibility index (Phi) is 8.32. The number of aliphatic hydroxyl groups is 1. The summed E-state index contributed by atoms with van der Waals surface area (Å²) < 4.78 is 12.8. The summed E-state index contributed by atoms with van der Waals surface area (Å²) >= 11 is 6.09. The van der Waals surface area contributed by atoms with E-state index in [9.17, 15) is 24.3 Å². The second-order valence-corrected chi connectivity index (χ2v) is 12.0. The van der Waals surface area contributed by atoms with Crippen molar-refractivity contribution in [3.05, 3.63) is 89.5 Å². The topological polar surface area (TPSA) is 125 Å². The predicted octanol–water partition coefficient (Wildman–Crippen LogP) is 2.96. The Morgan fingerprint density at radius 3 is 2.50 bits per heavy atom. The number of amides is 3. The first-order chi connectivity index (χ1) is 21.2. The van der Waals surface area contributed by atoms with Crippen LogP contribution in [0.1, 0.15) is 31.4 Å². The minimum Gasteiger partial charge on any atom is -0.455 e. The third-order valence-corrected chi connectivity index (χ3v) is 9.07. The first-order valence-corrected chi connectivity index (χ1v) is 15.2. The smallest absolute Gasteiger partial charge is 0.313 e. The Morgan fingerprint density at radius 1 is 1.02 bits per heavy atom. The number of allylic oxidation sites excluding steroid dienone is 1. The lowest BCUT2D eigenvalue weighted by atomic mass is 9.77. The van der Waals surface area contributed by atoms with E-state index >= 15 is 0 Å². The van der Waals surface area contributed by atoms with Crippen molar-refractivity contribution in [3.8, 4) is 0 Å². The van der Waals surface area contributed by atoms with Gasteiger partial charge in [0.15, 0.2) is 0 Å². The van der Waals surface area contributed by atoms with E-state index in [1.165, 1.54) is 4.90 Å². The molecular formula is C33H34ClN3O7. The summed E-state index contributed by atoms with van der Waals surface area (Å²) in [6.07, 6.45) is 5.81. The van der Waals surface area contributed by atoms with Gasteiger partial charge in [-0.3, -0.25) is 19.2 Å². The summed E-state index contributed by atoms with van der Waals surface area (Å²) in [4.78, 5) is 58.4. The number of nitrogens with one attached hydrogen (secondary N) is 1. The van der Waals surface area contributed by atoms with Crippen LogP contribution in [0, 0.1) is 11.8 Å². The maximum atomic E-state index is 14.3. The highest BCUT2D eigenvalue weighted by Gasteiger charge is 2.71. The average molecular weight is 620 g/mol. The lowest BCUT2D eigenvalue weighted by Crippen LogP contribution is -2.55. The number of ether oxygens (including phenoxy) is 2. The van der Waals surface area contributed by atoms with Gasteiger partial charge in [0.1, 0.15) is 23.7 Å². The molecule has 1 spiro atoms. The summed E-state index contributed by atoms with van der Waals surface area (Å²) in [5, 5.41) is 13.4. The second-order valence-electron chi connectivity index (χ2n) is 11.5. The molecule has 2 saturated heterocycles. The minimum atomic E-state index is -1.49. The average Bonchev–Trinajstić information content (AvgIpc) is 3.39. The number of hydrogen-bond acceptors (Lipinski definition) is 7. The molecule has 10 nitrogen and oxygen atoms in total. The number of carbonyl (C=O) groups excluding carboxylic acids is 4. The number of benzene rings is 2. The van der Waals surface area contributed by atoms with Gasteiger partial charge in [-0.2, -0.15) is 0 Å². The number of esters is 1. The van der Waals surface area contributed by atoms with Crippen LogP contribution in [0.5, 0.6) is 0 Å². The van der Waals surface area contributed by atoms with E-state index in [-0.39, 0.29) is 32.0 Å². The Hall–Kier alpha value is -3.99. The fraction of sp³-hybridized carbons (Fsp3) is 0.394. The second kappa shape index (κ2) is 12.2. The molecule has 4 aliphatic rings. The highest BCUT2D eigenvalue weighted by atomic mass is 35.5. The number of β-amino-alcohol motifs (C(OH)–C–C–N with tert-alkyl or cyclic N) is 1. The third-order valence-electron chi connectivity index (χ3n) is 8.82. The summed E-state index contributed by atoms with van der Waals surface area (Å²) in [6, 6.07) is 14.2. The van der Waals surface area contributed by atoms with Crippen molar-refractivity contribution in [1.82, 2.24) is 10.2 Å². The lowest BCUT2D eigenvalue weighted by molar-refractivity contribution is -0.161. The zero-order valence-electron chi connectivity index (χ0n) is 24.2. The van der Waals surface area contributed by atoms with Gasteiger partial charge in [0.05, 0.1) is 24.7 Å². The maximum Gasteiger partial charge on any atom is 0.313 e. The molecule has 2 aromatic rings. The fourth-order valence-electron chi connectivity index (χ4n) is 6.91. The van der Waals surface area contributed by atoms with Crippen molar-refractivity contribution in [2.24, 2.45) is 11.8 Å². The molecule has 2 N–H and O–H groups in total. The van der Waals surface area contributed by atoms with Crippen LogP contribution >= 0.6 is 11.6 Å². The molecule has 7 atom stereocenters. The van der Waals surface area contributed by atoms with Crippen LogP contribution in [-0.2, 0) is 28.7 Å². The Labute approximate surface area is 260 Å². The highest BCUT2D eigenvalue weighted by molar-refractivity contribution is 6.30. The first-order valence-electron chi connectivity index (χ1n) is 14.8. The lowest BCUT2D eigenvalue weighted by Gasteiger charge is -2.35. The number of nitrogens with zero attached hydrogens (tertiary/aromatic N) is 2. The predicted molar refractivity (Wildman–Crippen MR) is 161 cm³/mol. The SMILES string of the molecule is C[C@@H]1NC(=O)CC/C=C\[C@@H]2O[C@@]34C=CCN(c5ccc(Cl)cc5)C(=O)[C@@H]3N(CCO)C(=O)[C@H]4[C@@H]2C(=O)O[C@H]1c1ccccc1. The maximum absolute atomic E-state index is 14.3. The summed E-state index contributed by atoms with van der Waals surface area (Å²) in [7, 11) is 0. The number of cyclic esters (lactones) is 1. The normalized spacial score (nSPS) is 32.9. The van der Waals surface area contributed by atoms with Crippen LogP contribution in [0.15, 0.2) is 78.9 Å². The molecule has 2 fully saturated rings. The number of hydrogen-bond donors (Lipinski definition) is 2. The molecular weight excluding hydrogens is 586 g/mol. The van der Waals surface area contributed by atoms with Crippen molar-refractivity contribution in [2.45, 2.75) is 49.7 Å². The Morgan fingerprint density at radius 2 is 1.77 bits per heavy atom. The molecule has 4 aliphatic heterocycles. The van der Waals surface area contributed by atoms with Crippen LogP contribution < -0.4 is 10.2 Å². The molecule has 6 rings (SSSR count). The van der Waals surface area contributed by atoms with Crippen molar-refractivity contribution < 1.29 is 33.8 Å². The molecule has 11 heteroatoms. The number of aliphatic hydroxyl groups excluding tert-OH is 1. The minimum absolute atomic E-state index is 0.114. The molecule has 0 aliphatic carbocycles. The van der Waals surface area contributed by atoms with Gasteiger partial charge in [0.2, 0.25) is 11.8 Å². The van der Waals surface area contributed by atoms with Gasteiger partial charge >= 0.3 is 5.97 Å². The monoisotopic (exact) mass is 619 g/mol. The Bertz CT molecular complexity index is 1500. The number of likely N-dealkylation sites (tertiary alicyclic amines) is 1. The third kappa shape index (κ3) is 5.21. The van der Waals surface area contributed by atoms with E-state index in [1.54, 1.807) is 60.4 Å². The molecule has 0 aromatic heterocycles. The van der Waals surface area contributed by atoms with Gasteiger partial charge in [-0.15, -0.1) is 0 Å². The van der Waals surface area contributed by atoms with Gasteiger partial charge in [0, 0.05) is 30.2 Å². The van der Waals surface area contributed by atoms with E-state index in [4.69, 9.17) is 21.1 Å². The number of fused-ring (bicyclic) bond motifs is 2. The zero-order valence-corrected chi connectivity index (χ0v) is 24.9. The standard InChI is InChI=1S/C33H34ClN3O7/c1-20-28(21-8-3-2-4-9-21)43-32(42)26-24(10-5-6-11-25(39)35-20)44-33-16-7-17-36(23-14-12-22(34)13-15-23)31(41)29(33)37(18-19-38)30(40)27(26)33/h2-5,7-10,12-16,20,24,26-29,38H,6,11,17-19H2,1H3,(H,35,39)/b10-5-/t20-,24-,26+,27+,28+,29-,33+/m0/s1. The number of halogens is 1. The van der Waals surface area contributed by atoms with Crippen LogP contribution in [0.3, 0.4) is 0 Å². The summed E-state index contributed by atoms with van der Waals surface area (Å²) in [6.45, 7) is 1.48. The van der Waals surface area contributed by atoms with E-state index in [2.05, 4.69) is 5.32 Å². The van der Waals surface area contributed by atoms with Crippen molar-refractivity contribution >= 4 is 41.0 Å². The van der Waals surface area contributed by atoms with Gasteiger partial charge in [-0.25, -0.2) is 0 Å². The van der Waals surface area contributed by atoms with Gasteiger partial charge < -0.3 is 29.7 Å². The van der Waals surface area contributed by atoms with Crippen molar-refractivity contribution in [1.29, 1.82) is 0 Å². The fourth-order valence-corrected chi connectivity index (χ4v) is 7.03. The van der Waals surface area contributed by atoms with Crippen molar-refractivity contribution in [2.75, 3.05) is 24.6 Å². The number of carbonyl (C=O) groups is 4. The van der Waals surface area contributed by atoms with Gasteiger partial charge in [-0.05, 0) is 43.2 Å². The van der Waals surface area contributed by atoms with Crippen LogP contribution in [0.2, 0.25) is 5.02 Å². The van der Waals surface area contributed by atoms with Crippen molar-refractivity contribution in [3.63, 3.8) is 0 Å². The number of anilines is 1. The first kappa shape index (κ1) is 30.1. The van der Waals surface area contributed by atoms with E-state index < -0.39 is 59.5 Å². The molecule has 230 valence electrons. The van der Waals surface area contributed by atoms with Gasteiger partial charge in [0.25, 0.3) is 5.91 Å². The quantitative estimate of drug-likeness (QED) is 0.398. The summed E-state index contributed by atoms with van der Waals surface area (Å²) in [5.41, 5.74) is -0.223. The van der Waals surface area contributed by atoms with Gasteiger partial charge in [-0.1, -0.05) is 66.2 Å². The molecule has 0 unspecified atom stereocenters. The molecule has 0 bridgehead atoms. The molecule has 2 aromatic carbocycles. The van der Waals surface area contributed by atoms with E-state index in [0.717, 1.165) is 0 Å². The summed E-state index contributed by atoms with van der Waals surface area (Å²) in [5.74, 6) is -3.90. The van der Waals surface area contributed by atoms with Crippen LogP contribution in [0.4, 0.5) is 5.69 Å². The molecule has 4 heterocycles. The molecule has 44 heavy (non-hydrogen) atoms. The molecule has 0 radical (unpaired) electrons. The van der Waals surface area contributed by atoms with Crippen LogP contribution in [0.25, 0.3) is 0 Å². The zero-order chi connectivity index (χ0) is 31.0. The van der Waals surface area contributed by atoms with E-state index in [1.807, 2.05) is 30.3 Å². The number of rotatable bonds is 4. The van der Waals surface area contributed by atoms with Crippen LogP contribution in [-0.4, -0.2) is 77.2 Å². The largest absolute Gasteiger partial charge is 0.455 e. The highest BCUT2D eigenvalue weighted by Crippen LogP contribution is 2.53. The molecule has 0 saturated carbocycles. The molecule has 3 amide bonds. The van der Waals surface area contributed by atoms with E-state index in [0.29, 0.717) is 22.7 Å².